The molecule has 0 atom stereocenters. The van der Waals surface area contributed by atoms with E-state index in [1.54, 1.807) is 42.5 Å². The van der Waals surface area contributed by atoms with Crippen molar-refractivity contribution in [1.82, 2.24) is 14.9 Å². The lowest BCUT2D eigenvalue weighted by Crippen LogP contribution is -2.47. The predicted octanol–water partition coefficient (Wildman–Crippen LogP) is 4.39. The first-order valence-corrected chi connectivity index (χ1v) is 14.4. The fraction of sp³-hybridized carbons (Fsp3) is 0.321. The van der Waals surface area contributed by atoms with Crippen LogP contribution in [-0.2, 0) is 9.84 Å². The van der Waals surface area contributed by atoms with Gasteiger partial charge in [-0.3, -0.25) is 9.88 Å². The summed E-state index contributed by atoms with van der Waals surface area (Å²) in [6, 6.07) is 13.4. The van der Waals surface area contributed by atoms with E-state index in [0.717, 1.165) is 48.1 Å². The summed E-state index contributed by atoms with van der Waals surface area (Å²) in [6.45, 7) is 5.37. The molecule has 1 saturated heterocycles. The second-order valence-electron chi connectivity index (χ2n) is 9.70. The number of halogens is 2. The number of H-pyrrole nitrogens is 1. The highest BCUT2D eigenvalue weighted by Gasteiger charge is 2.23. The molecule has 0 radical (unpaired) electrons. The first-order valence-electron chi connectivity index (χ1n) is 12.5. The topological polar surface area (TPSA) is 89.5 Å². The van der Waals surface area contributed by atoms with Gasteiger partial charge in [0, 0.05) is 73.4 Å². The number of benzene rings is 2. The minimum absolute atomic E-state index is 0.0893. The Balaban J connectivity index is 1.42. The summed E-state index contributed by atoms with van der Waals surface area (Å²) in [6.07, 6.45) is 1.86. The molecule has 2 N–H and O–H groups in total. The van der Waals surface area contributed by atoms with Crippen LogP contribution >= 0.6 is 0 Å². The number of aromatic amines is 1. The SMILES string of the molecule is Cc1nc(-c2ccc(N3CCN(CCCO)CC3)c(F)c2F)cc2[nH]c(-c3ccc(S(C)(=O)=O)cc3)cc12. The van der Waals surface area contributed by atoms with Crippen LogP contribution in [0.25, 0.3) is 33.4 Å². The zero-order valence-corrected chi connectivity index (χ0v) is 22.2. The number of anilines is 1. The Morgan fingerprint density at radius 1 is 1.00 bits per heavy atom. The molecule has 1 fully saturated rings. The van der Waals surface area contributed by atoms with Crippen molar-refractivity contribution >= 4 is 26.4 Å². The van der Waals surface area contributed by atoms with E-state index < -0.39 is 21.5 Å². The van der Waals surface area contributed by atoms with Gasteiger partial charge in [-0.1, -0.05) is 12.1 Å². The molecule has 1 aliphatic rings. The van der Waals surface area contributed by atoms with Crippen LogP contribution in [0, 0.1) is 18.6 Å². The molecule has 4 aromatic rings. The van der Waals surface area contributed by atoms with E-state index in [9.17, 15) is 8.42 Å². The molecular formula is C28H30F2N4O3S. The van der Waals surface area contributed by atoms with Gasteiger partial charge in [-0.25, -0.2) is 17.2 Å². The van der Waals surface area contributed by atoms with Crippen LogP contribution in [0.2, 0.25) is 0 Å². The second-order valence-corrected chi connectivity index (χ2v) is 11.7. The first kappa shape index (κ1) is 26.3. The number of pyridine rings is 1. The average molecular weight is 541 g/mol. The van der Waals surface area contributed by atoms with Gasteiger partial charge in [0.05, 0.1) is 16.3 Å². The third-order valence-electron chi connectivity index (χ3n) is 7.08. The van der Waals surface area contributed by atoms with Crippen LogP contribution in [0.3, 0.4) is 0 Å². The fourth-order valence-electron chi connectivity index (χ4n) is 4.96. The summed E-state index contributed by atoms with van der Waals surface area (Å²) in [5.74, 6) is -1.82. The van der Waals surface area contributed by atoms with Crippen LogP contribution in [0.4, 0.5) is 14.5 Å². The fourth-order valence-corrected chi connectivity index (χ4v) is 5.59. The quantitative estimate of drug-likeness (QED) is 0.362. The van der Waals surface area contributed by atoms with Crippen molar-refractivity contribution in [2.45, 2.75) is 18.2 Å². The molecule has 0 unspecified atom stereocenters. The zero-order valence-electron chi connectivity index (χ0n) is 21.3. The highest BCUT2D eigenvalue weighted by atomic mass is 32.2. The van der Waals surface area contributed by atoms with Gasteiger partial charge in [0.1, 0.15) is 0 Å². The molecular weight excluding hydrogens is 510 g/mol. The maximum atomic E-state index is 15.3. The Hall–Kier alpha value is -3.34. The van der Waals surface area contributed by atoms with E-state index in [4.69, 9.17) is 5.11 Å². The lowest BCUT2D eigenvalue weighted by atomic mass is 10.1. The number of piperazine rings is 1. The molecule has 2 aromatic carbocycles. The lowest BCUT2D eigenvalue weighted by Gasteiger charge is -2.36. The Kier molecular flexibility index (Phi) is 7.21. The van der Waals surface area contributed by atoms with E-state index in [-0.39, 0.29) is 22.8 Å². The van der Waals surface area contributed by atoms with Crippen molar-refractivity contribution in [3.8, 4) is 22.5 Å². The van der Waals surface area contributed by atoms with Crippen LogP contribution in [0.5, 0.6) is 0 Å². The van der Waals surface area contributed by atoms with Gasteiger partial charge in [0.2, 0.25) is 0 Å². The lowest BCUT2D eigenvalue weighted by molar-refractivity contribution is 0.215. The number of fused-ring (bicyclic) bond motifs is 1. The van der Waals surface area contributed by atoms with Crippen molar-refractivity contribution in [1.29, 1.82) is 0 Å². The Bertz CT molecular complexity index is 1580. The van der Waals surface area contributed by atoms with Gasteiger partial charge in [-0.2, -0.15) is 0 Å². The number of nitrogens with zero attached hydrogens (tertiary/aromatic N) is 3. The minimum Gasteiger partial charge on any atom is -0.396 e. The first-order chi connectivity index (χ1) is 18.2. The molecule has 0 spiro atoms. The molecule has 0 saturated carbocycles. The number of aromatic nitrogens is 2. The summed E-state index contributed by atoms with van der Waals surface area (Å²) in [5.41, 5.74) is 3.60. The standard InChI is InChI=1S/C28H30F2N4O3S/c1-18-22-16-23(19-4-6-20(7-5-19)38(2,36)37)32-25(22)17-24(31-18)21-8-9-26(28(30)27(21)29)34-13-11-33(12-14-34)10-3-15-35/h4-9,16-17,32,35H,3,10-15H2,1-2H3. The molecule has 0 amide bonds. The number of hydrogen-bond donors (Lipinski definition) is 2. The van der Waals surface area contributed by atoms with Crippen molar-refractivity contribution in [2.24, 2.45) is 0 Å². The molecule has 2 aromatic heterocycles. The second kappa shape index (κ2) is 10.4. The van der Waals surface area contributed by atoms with Gasteiger partial charge < -0.3 is 15.0 Å². The van der Waals surface area contributed by atoms with E-state index in [2.05, 4.69) is 14.9 Å². The van der Waals surface area contributed by atoms with Crippen molar-refractivity contribution < 1.29 is 22.3 Å². The molecule has 1 aliphatic heterocycles. The molecule has 5 rings (SSSR count). The van der Waals surface area contributed by atoms with Crippen LogP contribution in [-0.4, -0.2) is 74.0 Å². The highest BCUT2D eigenvalue weighted by Crippen LogP contribution is 2.33. The van der Waals surface area contributed by atoms with Crippen molar-refractivity contribution in [3.63, 3.8) is 0 Å². The third-order valence-corrected chi connectivity index (χ3v) is 8.21. The van der Waals surface area contributed by atoms with Crippen molar-refractivity contribution in [2.75, 3.05) is 50.5 Å². The summed E-state index contributed by atoms with van der Waals surface area (Å²) >= 11 is 0. The summed E-state index contributed by atoms with van der Waals surface area (Å²) in [5, 5.41) is 9.86. The maximum absolute atomic E-state index is 15.3. The van der Waals surface area contributed by atoms with E-state index in [0.29, 0.717) is 30.9 Å². The van der Waals surface area contributed by atoms with E-state index in [1.807, 2.05) is 17.9 Å². The Morgan fingerprint density at radius 2 is 1.71 bits per heavy atom. The number of aliphatic hydroxyl groups excluding tert-OH is 1. The summed E-state index contributed by atoms with van der Waals surface area (Å²) < 4.78 is 54.1. The van der Waals surface area contributed by atoms with Crippen LogP contribution in [0.15, 0.2) is 53.4 Å². The van der Waals surface area contributed by atoms with Gasteiger partial charge in [0.25, 0.3) is 0 Å². The number of aryl methyl sites for hydroxylation is 1. The Morgan fingerprint density at radius 3 is 2.37 bits per heavy atom. The molecule has 0 aliphatic carbocycles. The van der Waals surface area contributed by atoms with E-state index in [1.165, 1.54) is 0 Å². The largest absolute Gasteiger partial charge is 0.396 e. The van der Waals surface area contributed by atoms with E-state index >= 15 is 8.78 Å². The maximum Gasteiger partial charge on any atom is 0.182 e. The molecule has 0 bridgehead atoms. The predicted molar refractivity (Wildman–Crippen MR) is 145 cm³/mol. The number of rotatable bonds is 7. The number of hydrogen-bond acceptors (Lipinski definition) is 6. The molecule has 200 valence electrons. The Labute approximate surface area is 220 Å². The monoisotopic (exact) mass is 540 g/mol. The number of nitrogens with one attached hydrogen (secondary N) is 1. The molecule has 10 heteroatoms. The summed E-state index contributed by atoms with van der Waals surface area (Å²) in [4.78, 5) is 12.2. The highest BCUT2D eigenvalue weighted by molar-refractivity contribution is 7.90. The normalized spacial score (nSPS) is 14.9. The van der Waals surface area contributed by atoms with Crippen molar-refractivity contribution in [3.05, 3.63) is 65.9 Å². The number of aliphatic hydroxyl groups is 1. The van der Waals surface area contributed by atoms with Crippen LogP contribution < -0.4 is 4.90 Å². The van der Waals surface area contributed by atoms with Gasteiger partial charge >= 0.3 is 0 Å². The van der Waals surface area contributed by atoms with Gasteiger partial charge in [-0.15, -0.1) is 0 Å². The minimum atomic E-state index is -3.29. The number of sulfone groups is 1. The smallest absolute Gasteiger partial charge is 0.182 e. The van der Waals surface area contributed by atoms with Gasteiger partial charge in [-0.05, 0) is 55.3 Å². The zero-order chi connectivity index (χ0) is 27.0. The van der Waals surface area contributed by atoms with Gasteiger partial charge in [0.15, 0.2) is 21.5 Å². The molecule has 7 nitrogen and oxygen atoms in total. The molecule has 3 heterocycles. The third kappa shape index (κ3) is 5.16. The summed E-state index contributed by atoms with van der Waals surface area (Å²) in [7, 11) is -3.29. The molecule has 38 heavy (non-hydrogen) atoms. The van der Waals surface area contributed by atoms with Crippen LogP contribution in [0.1, 0.15) is 12.1 Å². The average Bonchev–Trinajstić information content (AvgIpc) is 3.34.